The van der Waals surface area contributed by atoms with Gasteiger partial charge in [-0.05, 0) is 32.4 Å². The molecule has 1 saturated heterocycles. The van der Waals surface area contributed by atoms with Crippen LogP contribution in [0.3, 0.4) is 0 Å². The summed E-state index contributed by atoms with van der Waals surface area (Å²) < 4.78 is 1.78. The second-order valence-corrected chi connectivity index (χ2v) is 6.39. The van der Waals surface area contributed by atoms with Gasteiger partial charge in [0.15, 0.2) is 0 Å². The highest BCUT2D eigenvalue weighted by molar-refractivity contribution is 5.85. The average molecular weight is 381 g/mol. The number of H-pyrrole nitrogens is 1. The Kier molecular flexibility index (Phi) is 7.35. The van der Waals surface area contributed by atoms with E-state index in [0.29, 0.717) is 30.4 Å². The average Bonchev–Trinajstić information content (AvgIpc) is 3.03. The first-order chi connectivity index (χ1) is 12.1. The molecule has 26 heavy (non-hydrogen) atoms. The molecule has 0 radical (unpaired) electrons. The number of rotatable bonds is 6. The van der Waals surface area contributed by atoms with Crippen molar-refractivity contribution < 1.29 is 4.79 Å². The first kappa shape index (κ1) is 20.1. The van der Waals surface area contributed by atoms with E-state index < -0.39 is 0 Å². The fraction of sp³-hybridized carbons (Fsp3) is 0.529. The van der Waals surface area contributed by atoms with Gasteiger partial charge in [0.2, 0.25) is 5.91 Å². The lowest BCUT2D eigenvalue weighted by Gasteiger charge is -2.23. The molecule has 1 atom stereocenters. The van der Waals surface area contributed by atoms with Gasteiger partial charge in [0.1, 0.15) is 12.4 Å². The lowest BCUT2D eigenvalue weighted by molar-refractivity contribution is -0.121. The Morgan fingerprint density at radius 1 is 1.46 bits per heavy atom. The number of amides is 1. The summed E-state index contributed by atoms with van der Waals surface area (Å²) in [6.45, 7) is 4.39. The van der Waals surface area contributed by atoms with Crippen molar-refractivity contribution in [3.05, 3.63) is 45.9 Å². The number of aromatic amines is 1. The van der Waals surface area contributed by atoms with E-state index in [1.165, 1.54) is 6.07 Å². The molecule has 1 aliphatic rings. The molecule has 0 bridgehead atoms. The summed E-state index contributed by atoms with van der Waals surface area (Å²) in [4.78, 5) is 30.5. The largest absolute Gasteiger partial charge is 0.354 e. The smallest absolute Gasteiger partial charge is 0.251 e. The summed E-state index contributed by atoms with van der Waals surface area (Å²) in [6, 6.07) is 3.44. The maximum atomic E-state index is 12.2. The highest BCUT2D eigenvalue weighted by atomic mass is 35.5. The number of nitrogens with zero attached hydrogens (tertiary/aromatic N) is 3. The summed E-state index contributed by atoms with van der Waals surface area (Å²) in [5.74, 6) is 0.896. The second kappa shape index (κ2) is 9.49. The molecule has 8 nitrogen and oxygen atoms in total. The number of halogens is 1. The van der Waals surface area contributed by atoms with Gasteiger partial charge in [-0.15, -0.1) is 12.4 Å². The van der Waals surface area contributed by atoms with E-state index in [4.69, 9.17) is 0 Å². The van der Waals surface area contributed by atoms with Crippen LogP contribution in [0.25, 0.3) is 0 Å². The number of piperidine rings is 1. The fourth-order valence-electron chi connectivity index (χ4n) is 3.20. The molecule has 1 amide bonds. The molecule has 0 spiro atoms. The molecule has 3 rings (SSSR count). The summed E-state index contributed by atoms with van der Waals surface area (Å²) in [6.07, 6.45) is 4.50. The summed E-state index contributed by atoms with van der Waals surface area (Å²) in [7, 11) is 0. The van der Waals surface area contributed by atoms with E-state index in [9.17, 15) is 9.59 Å². The zero-order chi connectivity index (χ0) is 17.6. The maximum absolute atomic E-state index is 12.2. The first-order valence-electron chi connectivity index (χ1n) is 8.68. The van der Waals surface area contributed by atoms with E-state index >= 15 is 0 Å². The van der Waals surface area contributed by atoms with E-state index in [1.807, 2.05) is 6.07 Å². The van der Waals surface area contributed by atoms with Gasteiger partial charge in [-0.1, -0.05) is 0 Å². The van der Waals surface area contributed by atoms with Gasteiger partial charge in [0, 0.05) is 49.1 Å². The van der Waals surface area contributed by atoms with Crippen molar-refractivity contribution in [2.45, 2.75) is 38.6 Å². The Labute approximate surface area is 158 Å². The van der Waals surface area contributed by atoms with E-state index in [1.54, 1.807) is 17.8 Å². The van der Waals surface area contributed by atoms with Crippen molar-refractivity contribution in [3.8, 4) is 0 Å². The molecule has 2 aromatic heterocycles. The van der Waals surface area contributed by atoms with Crippen LogP contribution < -0.4 is 16.2 Å². The standard InChI is InChI=1S/C17H24N6O2.ClH/c1-12-9-16(24)22-15(21-12)5-7-19-17(25)11-23-14(4-8-20-23)13-3-2-6-18-10-13;/h4,8-9,13,18H,2-3,5-7,10-11H2,1H3,(H,19,25)(H,21,22,24);1H. The summed E-state index contributed by atoms with van der Waals surface area (Å²) in [5, 5.41) is 10.5. The number of nitrogens with one attached hydrogen (secondary N) is 3. The van der Waals surface area contributed by atoms with Crippen LogP contribution in [-0.4, -0.2) is 45.3 Å². The van der Waals surface area contributed by atoms with Gasteiger partial charge in [-0.25, -0.2) is 4.98 Å². The predicted molar refractivity (Wildman–Crippen MR) is 101 cm³/mol. The highest BCUT2D eigenvalue weighted by Crippen LogP contribution is 2.22. The lowest BCUT2D eigenvalue weighted by atomic mass is 9.96. The molecule has 1 aliphatic heterocycles. The van der Waals surface area contributed by atoms with Crippen LogP contribution >= 0.6 is 12.4 Å². The van der Waals surface area contributed by atoms with Crippen LogP contribution in [0.4, 0.5) is 0 Å². The molecule has 0 saturated carbocycles. The van der Waals surface area contributed by atoms with Gasteiger partial charge in [-0.3, -0.25) is 14.3 Å². The fourth-order valence-corrected chi connectivity index (χ4v) is 3.20. The third-order valence-electron chi connectivity index (χ3n) is 4.36. The van der Waals surface area contributed by atoms with Crippen molar-refractivity contribution in [1.82, 2.24) is 30.4 Å². The molecule has 1 fully saturated rings. The Balaban J connectivity index is 0.00000243. The summed E-state index contributed by atoms with van der Waals surface area (Å²) >= 11 is 0. The molecule has 142 valence electrons. The quantitative estimate of drug-likeness (QED) is 0.677. The van der Waals surface area contributed by atoms with Crippen molar-refractivity contribution in [1.29, 1.82) is 0 Å². The van der Waals surface area contributed by atoms with Gasteiger partial charge in [0.25, 0.3) is 5.56 Å². The number of hydrogen-bond donors (Lipinski definition) is 3. The number of carbonyl (C=O) groups excluding carboxylic acids is 1. The minimum Gasteiger partial charge on any atom is -0.354 e. The molecular weight excluding hydrogens is 356 g/mol. The van der Waals surface area contributed by atoms with Gasteiger partial charge in [0.05, 0.1) is 0 Å². The third-order valence-corrected chi connectivity index (χ3v) is 4.36. The molecule has 2 aromatic rings. The molecule has 0 aliphatic carbocycles. The minimum absolute atomic E-state index is 0. The Morgan fingerprint density at radius 3 is 3.04 bits per heavy atom. The molecule has 3 heterocycles. The van der Waals surface area contributed by atoms with Gasteiger partial charge < -0.3 is 15.6 Å². The molecule has 1 unspecified atom stereocenters. The van der Waals surface area contributed by atoms with Crippen molar-refractivity contribution in [2.24, 2.45) is 0 Å². The topological polar surface area (TPSA) is 105 Å². The van der Waals surface area contributed by atoms with Crippen LogP contribution in [0, 0.1) is 6.92 Å². The second-order valence-electron chi connectivity index (χ2n) is 6.39. The maximum Gasteiger partial charge on any atom is 0.251 e. The van der Waals surface area contributed by atoms with Crippen LogP contribution in [0.5, 0.6) is 0 Å². The van der Waals surface area contributed by atoms with E-state index in [0.717, 1.165) is 31.6 Å². The van der Waals surface area contributed by atoms with Crippen molar-refractivity contribution in [2.75, 3.05) is 19.6 Å². The first-order valence-corrected chi connectivity index (χ1v) is 8.68. The van der Waals surface area contributed by atoms with Gasteiger partial charge >= 0.3 is 0 Å². The Morgan fingerprint density at radius 2 is 2.31 bits per heavy atom. The number of hydrogen-bond acceptors (Lipinski definition) is 5. The Hall–Kier alpha value is -2.19. The van der Waals surface area contributed by atoms with Crippen LogP contribution in [0.1, 0.15) is 36.0 Å². The number of aromatic nitrogens is 4. The molecule has 3 N–H and O–H groups in total. The van der Waals surface area contributed by atoms with Crippen LogP contribution in [-0.2, 0) is 17.8 Å². The SMILES string of the molecule is Cc1cc(=O)[nH]c(CCNC(=O)Cn2nccc2C2CCCNC2)n1.Cl. The third kappa shape index (κ3) is 5.40. The zero-order valence-corrected chi connectivity index (χ0v) is 15.6. The molecule has 0 aromatic carbocycles. The highest BCUT2D eigenvalue weighted by Gasteiger charge is 2.19. The number of carbonyl (C=O) groups is 1. The predicted octanol–water partition coefficient (Wildman–Crippen LogP) is 0.523. The minimum atomic E-state index is -0.170. The molecular formula is C17H25ClN6O2. The zero-order valence-electron chi connectivity index (χ0n) is 14.8. The van der Waals surface area contributed by atoms with E-state index in [2.05, 4.69) is 25.7 Å². The number of aryl methyl sites for hydroxylation is 1. The summed E-state index contributed by atoms with van der Waals surface area (Å²) in [5.41, 5.74) is 1.61. The van der Waals surface area contributed by atoms with Crippen LogP contribution in [0.15, 0.2) is 23.1 Å². The normalized spacial score (nSPS) is 16.7. The lowest BCUT2D eigenvalue weighted by Crippen LogP contribution is -2.33. The van der Waals surface area contributed by atoms with Crippen molar-refractivity contribution in [3.63, 3.8) is 0 Å². The monoisotopic (exact) mass is 380 g/mol. The Bertz CT molecular complexity index is 782. The van der Waals surface area contributed by atoms with Crippen LogP contribution in [0.2, 0.25) is 0 Å². The van der Waals surface area contributed by atoms with Gasteiger partial charge in [-0.2, -0.15) is 5.10 Å². The van der Waals surface area contributed by atoms with Crippen molar-refractivity contribution >= 4 is 18.3 Å². The van der Waals surface area contributed by atoms with E-state index in [-0.39, 0.29) is 30.4 Å². The molecule has 9 heteroatoms.